The summed E-state index contributed by atoms with van der Waals surface area (Å²) in [4.78, 5) is 5.26. The SMILES string of the molecule is CCc1cccc(CC)c1-n1nc2c(c1-c1ccc(F)c3[nH]cc(Cl)c13)CN(Cc1ccccc1F)C2(C)C. The first kappa shape index (κ1) is 25.8. The van der Waals surface area contributed by atoms with Crippen LogP contribution >= 0.6 is 11.6 Å². The van der Waals surface area contributed by atoms with Crippen LogP contribution in [0.5, 0.6) is 0 Å². The molecule has 2 aromatic heterocycles. The van der Waals surface area contributed by atoms with Crippen LogP contribution in [0.4, 0.5) is 8.78 Å². The number of benzene rings is 3. The Morgan fingerprint density at radius 3 is 2.31 bits per heavy atom. The zero-order valence-corrected chi connectivity index (χ0v) is 23.3. The molecule has 0 saturated carbocycles. The van der Waals surface area contributed by atoms with Crippen LogP contribution in [0.1, 0.15) is 55.6 Å². The molecule has 1 aliphatic heterocycles. The number of para-hydroxylation sites is 1. The molecule has 4 nitrogen and oxygen atoms in total. The molecule has 0 saturated heterocycles. The molecular formula is C32H31ClF2N4. The second-order valence-corrected chi connectivity index (χ2v) is 11.1. The Kier molecular flexibility index (Phi) is 6.35. The molecule has 1 N–H and O–H groups in total. The maximum Gasteiger partial charge on any atom is 0.147 e. The third kappa shape index (κ3) is 4.00. The molecule has 0 atom stereocenters. The number of halogens is 3. The van der Waals surface area contributed by atoms with Crippen molar-refractivity contribution in [3.63, 3.8) is 0 Å². The molecule has 39 heavy (non-hydrogen) atoms. The molecule has 0 fully saturated rings. The minimum absolute atomic E-state index is 0.216. The van der Waals surface area contributed by atoms with Crippen LogP contribution in [0.15, 0.2) is 60.8 Å². The third-order valence-electron chi connectivity index (χ3n) is 8.19. The van der Waals surface area contributed by atoms with Gasteiger partial charge in [0.05, 0.1) is 33.2 Å². The van der Waals surface area contributed by atoms with E-state index in [4.69, 9.17) is 16.7 Å². The number of fused-ring (bicyclic) bond motifs is 2. The molecule has 1 aliphatic rings. The first-order valence-electron chi connectivity index (χ1n) is 13.4. The fourth-order valence-electron chi connectivity index (χ4n) is 6.01. The van der Waals surface area contributed by atoms with Crippen molar-refractivity contribution < 1.29 is 8.78 Å². The number of hydrogen-bond donors (Lipinski definition) is 1. The van der Waals surface area contributed by atoms with Gasteiger partial charge in [0.1, 0.15) is 11.6 Å². The first-order chi connectivity index (χ1) is 18.8. The van der Waals surface area contributed by atoms with E-state index >= 15 is 0 Å². The van der Waals surface area contributed by atoms with E-state index in [0.29, 0.717) is 34.6 Å². The summed E-state index contributed by atoms with van der Waals surface area (Å²) in [5.41, 5.74) is 7.71. The zero-order valence-electron chi connectivity index (χ0n) is 22.6. The molecule has 3 aromatic carbocycles. The topological polar surface area (TPSA) is 36.9 Å². The first-order valence-corrected chi connectivity index (χ1v) is 13.8. The maximum atomic E-state index is 14.9. The summed E-state index contributed by atoms with van der Waals surface area (Å²) in [7, 11) is 0. The molecule has 7 heteroatoms. The van der Waals surface area contributed by atoms with Crippen LogP contribution in [0, 0.1) is 11.6 Å². The van der Waals surface area contributed by atoms with Crippen LogP contribution in [0.25, 0.3) is 27.8 Å². The minimum atomic E-state index is -0.466. The predicted molar refractivity (Wildman–Crippen MR) is 153 cm³/mol. The highest BCUT2D eigenvalue weighted by molar-refractivity contribution is 6.36. The Hall–Kier alpha value is -3.48. The molecule has 0 bridgehead atoms. The summed E-state index contributed by atoms with van der Waals surface area (Å²) in [5.74, 6) is -0.569. The molecule has 5 aromatic rings. The van der Waals surface area contributed by atoms with Crippen molar-refractivity contribution in [3.05, 3.63) is 105 Å². The largest absolute Gasteiger partial charge is 0.357 e. The van der Waals surface area contributed by atoms with E-state index in [1.54, 1.807) is 18.3 Å². The maximum absolute atomic E-state index is 14.9. The third-order valence-corrected chi connectivity index (χ3v) is 8.49. The van der Waals surface area contributed by atoms with Gasteiger partial charge in [0.25, 0.3) is 0 Å². The Labute approximate surface area is 232 Å². The second-order valence-electron chi connectivity index (χ2n) is 10.7. The lowest BCUT2D eigenvalue weighted by Gasteiger charge is -2.32. The number of nitrogens with one attached hydrogen (secondary N) is 1. The highest BCUT2D eigenvalue weighted by atomic mass is 35.5. The zero-order chi connectivity index (χ0) is 27.5. The van der Waals surface area contributed by atoms with Gasteiger partial charge in [0, 0.05) is 41.4 Å². The Bertz CT molecular complexity index is 1690. The van der Waals surface area contributed by atoms with Crippen LogP contribution in [0.3, 0.4) is 0 Å². The average Bonchev–Trinajstić information content (AvgIpc) is 3.57. The number of rotatable bonds is 6. The van der Waals surface area contributed by atoms with Crippen molar-refractivity contribution in [2.45, 2.75) is 59.2 Å². The van der Waals surface area contributed by atoms with E-state index in [-0.39, 0.29) is 11.6 Å². The Morgan fingerprint density at radius 2 is 1.62 bits per heavy atom. The smallest absolute Gasteiger partial charge is 0.147 e. The van der Waals surface area contributed by atoms with Gasteiger partial charge < -0.3 is 4.98 Å². The lowest BCUT2D eigenvalue weighted by molar-refractivity contribution is 0.121. The fourth-order valence-corrected chi connectivity index (χ4v) is 6.26. The van der Waals surface area contributed by atoms with Gasteiger partial charge in [-0.05, 0) is 56.0 Å². The summed E-state index contributed by atoms with van der Waals surface area (Å²) >= 11 is 6.66. The summed E-state index contributed by atoms with van der Waals surface area (Å²) in [6, 6.07) is 16.6. The van der Waals surface area contributed by atoms with E-state index in [9.17, 15) is 8.78 Å². The van der Waals surface area contributed by atoms with Gasteiger partial charge in [-0.15, -0.1) is 0 Å². The molecule has 200 valence electrons. The molecular weight excluding hydrogens is 514 g/mol. The van der Waals surface area contributed by atoms with E-state index in [1.165, 1.54) is 23.3 Å². The molecule has 0 radical (unpaired) electrons. The predicted octanol–water partition coefficient (Wildman–Crippen LogP) is 8.33. The number of H-pyrrole nitrogens is 1. The summed E-state index contributed by atoms with van der Waals surface area (Å²) < 4.78 is 31.6. The van der Waals surface area contributed by atoms with Crippen molar-refractivity contribution in [2.75, 3.05) is 0 Å². The number of hydrogen-bond acceptors (Lipinski definition) is 2. The van der Waals surface area contributed by atoms with E-state index in [2.05, 4.69) is 60.5 Å². The van der Waals surface area contributed by atoms with Gasteiger partial charge >= 0.3 is 0 Å². The number of aryl methyl sites for hydroxylation is 2. The molecule has 0 aliphatic carbocycles. The molecule has 3 heterocycles. The standard InChI is InChI=1S/C32H31ClF2N4/c1-5-19-11-9-12-20(6-2)29(19)39-30(22-14-15-26(35)28-27(22)24(33)16-36-28)23-18-38(32(3,4)31(23)37-39)17-21-10-7-8-13-25(21)34/h7-16,36H,5-6,17-18H2,1-4H3. The van der Waals surface area contributed by atoms with E-state index in [1.807, 2.05) is 12.1 Å². The fraction of sp³-hybridized carbons (Fsp3) is 0.281. The quantitative estimate of drug-likeness (QED) is 0.233. The van der Waals surface area contributed by atoms with Crippen molar-refractivity contribution in [1.29, 1.82) is 0 Å². The number of nitrogens with zero attached hydrogens (tertiary/aromatic N) is 3. The summed E-state index contributed by atoms with van der Waals surface area (Å²) in [6.45, 7) is 9.59. The van der Waals surface area contributed by atoms with E-state index < -0.39 is 5.54 Å². The Balaban J connectivity index is 1.63. The number of aromatic nitrogens is 3. The lowest BCUT2D eigenvalue weighted by atomic mass is 9.97. The van der Waals surface area contributed by atoms with Crippen molar-refractivity contribution in [1.82, 2.24) is 19.7 Å². The van der Waals surface area contributed by atoms with Crippen LogP contribution < -0.4 is 0 Å². The summed E-state index contributed by atoms with van der Waals surface area (Å²) in [5, 5.41) is 6.40. The monoisotopic (exact) mass is 544 g/mol. The molecule has 0 spiro atoms. The van der Waals surface area contributed by atoms with Gasteiger partial charge in [-0.1, -0.05) is 61.8 Å². The average molecular weight is 545 g/mol. The Morgan fingerprint density at radius 1 is 0.923 bits per heavy atom. The van der Waals surface area contributed by atoms with Gasteiger partial charge in [-0.3, -0.25) is 4.90 Å². The lowest BCUT2D eigenvalue weighted by Crippen LogP contribution is -2.36. The van der Waals surface area contributed by atoms with Crippen LogP contribution in [0.2, 0.25) is 5.02 Å². The minimum Gasteiger partial charge on any atom is -0.357 e. The molecule has 0 unspecified atom stereocenters. The normalized spacial score (nSPS) is 14.8. The summed E-state index contributed by atoms with van der Waals surface area (Å²) in [6.07, 6.45) is 3.32. The van der Waals surface area contributed by atoms with Gasteiger partial charge in [0.2, 0.25) is 0 Å². The highest BCUT2D eigenvalue weighted by Crippen LogP contribution is 2.47. The highest BCUT2D eigenvalue weighted by Gasteiger charge is 2.43. The van der Waals surface area contributed by atoms with Crippen molar-refractivity contribution in [3.8, 4) is 16.9 Å². The van der Waals surface area contributed by atoms with Gasteiger partial charge in [-0.2, -0.15) is 5.10 Å². The van der Waals surface area contributed by atoms with Crippen molar-refractivity contribution in [2.24, 2.45) is 0 Å². The van der Waals surface area contributed by atoms with Crippen molar-refractivity contribution >= 4 is 22.5 Å². The molecule has 6 rings (SSSR count). The second kappa shape index (κ2) is 9.61. The van der Waals surface area contributed by atoms with Crippen LogP contribution in [-0.2, 0) is 31.5 Å². The number of aromatic amines is 1. The van der Waals surface area contributed by atoms with Crippen LogP contribution in [-0.4, -0.2) is 19.7 Å². The van der Waals surface area contributed by atoms with Gasteiger partial charge in [0.15, 0.2) is 0 Å². The molecule has 0 amide bonds. The van der Waals surface area contributed by atoms with Gasteiger partial charge in [-0.25, -0.2) is 13.5 Å². The van der Waals surface area contributed by atoms with E-state index in [0.717, 1.165) is 41.0 Å².